The Balaban J connectivity index is 4.06. The second-order valence-electron chi connectivity index (χ2n) is 10.1. The second kappa shape index (κ2) is 26.2. The molecule has 0 aliphatic heterocycles. The molecule has 0 aromatic rings. The van der Waals surface area contributed by atoms with Crippen molar-refractivity contribution in [2.45, 2.75) is 148 Å². The Labute approximate surface area is 227 Å². The monoisotopic (exact) mass is 541 g/mol. The summed E-state index contributed by atoms with van der Waals surface area (Å²) in [6, 6.07) is -0.329. The molecule has 0 aliphatic carbocycles. The number of carbonyl (C=O) groups is 2. The number of amides is 2. The van der Waals surface area contributed by atoms with E-state index in [1.807, 2.05) is 0 Å². The van der Waals surface area contributed by atoms with Gasteiger partial charge < -0.3 is 20.2 Å². The minimum atomic E-state index is -1.46. The molecule has 2 amide bonds. The molecule has 0 rings (SSSR count). The van der Waals surface area contributed by atoms with Crippen molar-refractivity contribution in [3.8, 4) is 0 Å². The molecule has 0 fully saturated rings. The van der Waals surface area contributed by atoms with Crippen molar-refractivity contribution in [3.63, 3.8) is 0 Å². The van der Waals surface area contributed by atoms with E-state index in [0.29, 0.717) is 12.8 Å². The van der Waals surface area contributed by atoms with Crippen molar-refractivity contribution in [3.05, 3.63) is 0 Å². The van der Waals surface area contributed by atoms with Crippen LogP contribution in [0.1, 0.15) is 136 Å². The maximum absolute atomic E-state index is 12.4. The molecule has 0 bridgehead atoms. The van der Waals surface area contributed by atoms with Gasteiger partial charge in [0.15, 0.2) is 8.58 Å². The molecule has 6 nitrogen and oxygen atoms in total. The van der Waals surface area contributed by atoms with E-state index < -0.39 is 14.7 Å². The zero-order chi connectivity index (χ0) is 26.9. The van der Waals surface area contributed by atoms with E-state index in [4.69, 9.17) is 11.9 Å². The molecule has 0 saturated carbocycles. The smallest absolute Gasteiger partial charge is 0.222 e. The van der Waals surface area contributed by atoms with Crippen molar-refractivity contribution in [2.75, 3.05) is 13.2 Å². The lowest BCUT2D eigenvalue weighted by molar-refractivity contribution is -0.125. The Morgan fingerprint density at radius 3 is 1.86 bits per heavy atom. The number of unbranched alkanes of at least 4 members (excludes halogenated alkanes) is 14. The summed E-state index contributed by atoms with van der Waals surface area (Å²) in [7, 11) is 6.75. The van der Waals surface area contributed by atoms with Gasteiger partial charge in [-0.15, -0.1) is 8.79 Å². The minimum absolute atomic E-state index is 0.0181. The van der Waals surface area contributed by atoms with Gasteiger partial charge in [-0.05, 0) is 12.8 Å². The van der Waals surface area contributed by atoms with Crippen LogP contribution in [-0.2, 0) is 14.0 Å². The van der Waals surface area contributed by atoms with Crippen LogP contribution in [0.4, 0.5) is 0 Å². The fraction of sp³-hybridized carbons (Fsp3) is 0.926. The highest BCUT2D eigenvalue weighted by Gasteiger charge is 2.16. The zero-order valence-electron chi connectivity index (χ0n) is 23.3. The van der Waals surface area contributed by atoms with Crippen LogP contribution in [0.2, 0.25) is 0 Å². The topological polar surface area (TPSA) is 87.7 Å². The number of aliphatic hydroxyl groups excluding tert-OH is 1. The van der Waals surface area contributed by atoms with Crippen LogP contribution in [-0.4, -0.2) is 58.2 Å². The zero-order valence-corrected chi connectivity index (χ0v) is 25.5. The molecule has 36 heavy (non-hydrogen) atoms. The highest BCUT2D eigenvalue weighted by molar-refractivity contribution is 7.70. The molecule has 0 spiro atoms. The number of rotatable bonds is 26. The van der Waals surface area contributed by atoms with Gasteiger partial charge >= 0.3 is 0 Å². The van der Waals surface area contributed by atoms with E-state index in [-0.39, 0.29) is 37.4 Å². The number of hydrogen-bond donors (Lipinski definition) is 3. The van der Waals surface area contributed by atoms with Gasteiger partial charge in [-0.1, -0.05) is 110 Å². The summed E-state index contributed by atoms with van der Waals surface area (Å²) in [4.78, 5) is 24.7. The molecule has 3 N–H and O–H groups in total. The van der Waals surface area contributed by atoms with E-state index in [1.165, 1.54) is 77.0 Å². The SMILES string of the molecule is [B][Si](P)OCC(CNC(=O)CC(O)CCCCCCC)NC(=O)CCCCCCCCCCCCC. The molecule has 0 aromatic carbocycles. The molecule has 0 aliphatic rings. The Hall–Kier alpha value is -0.428. The average Bonchev–Trinajstić information content (AvgIpc) is 2.84. The molecule has 0 aromatic heterocycles. The third kappa shape index (κ3) is 25.2. The van der Waals surface area contributed by atoms with Crippen LogP contribution in [0.25, 0.3) is 0 Å². The standard InChI is InChI=1S/C27H55BN2O4PSi/c1-3-5-7-9-10-11-12-13-14-16-18-20-26(32)30-24(23-34-36(28)35)22-29-27(33)21-25(31)19-17-15-8-6-4-2/h24-25,31H,3-23,35H2,1-2H3,(H,29,33)(H,30,32). The number of nitrogens with one attached hydrogen (secondary N) is 2. The highest BCUT2D eigenvalue weighted by atomic mass is 31.3. The summed E-state index contributed by atoms with van der Waals surface area (Å²) in [5.41, 5.74) is 0. The van der Waals surface area contributed by atoms with Crippen LogP contribution >= 0.6 is 8.79 Å². The summed E-state index contributed by atoms with van der Waals surface area (Å²) in [5, 5.41) is 15.9. The quantitative estimate of drug-likeness (QED) is 0.0773. The van der Waals surface area contributed by atoms with Gasteiger partial charge in [0.2, 0.25) is 11.8 Å². The third-order valence-corrected chi connectivity index (χ3v) is 7.43. The van der Waals surface area contributed by atoms with Gasteiger partial charge in [-0.3, -0.25) is 9.59 Å². The number of hydrogen-bond acceptors (Lipinski definition) is 4. The summed E-state index contributed by atoms with van der Waals surface area (Å²) in [6.45, 7) is 4.95. The van der Waals surface area contributed by atoms with Crippen molar-refractivity contribution < 1.29 is 19.1 Å². The van der Waals surface area contributed by atoms with Crippen molar-refractivity contribution in [2.24, 2.45) is 0 Å². The largest absolute Gasteiger partial charge is 0.420 e. The van der Waals surface area contributed by atoms with E-state index in [2.05, 4.69) is 33.3 Å². The van der Waals surface area contributed by atoms with Gasteiger partial charge in [-0.25, -0.2) is 0 Å². The highest BCUT2D eigenvalue weighted by Crippen LogP contribution is 2.12. The second-order valence-corrected chi connectivity index (χ2v) is 12.9. The predicted octanol–water partition coefficient (Wildman–Crippen LogP) is 5.45. The fourth-order valence-electron chi connectivity index (χ4n) is 4.21. The van der Waals surface area contributed by atoms with Crippen molar-refractivity contribution in [1.82, 2.24) is 10.6 Å². The van der Waals surface area contributed by atoms with E-state index >= 15 is 0 Å². The molecule has 3 atom stereocenters. The van der Waals surface area contributed by atoms with Gasteiger partial charge in [0, 0.05) is 13.0 Å². The minimum Gasteiger partial charge on any atom is -0.420 e. The fourth-order valence-corrected chi connectivity index (χ4v) is 4.89. The Kier molecular flexibility index (Phi) is 25.9. The molecule has 3 unspecified atom stereocenters. The first-order chi connectivity index (χ1) is 17.4. The van der Waals surface area contributed by atoms with Gasteiger partial charge in [0.1, 0.15) is 0 Å². The lowest BCUT2D eigenvalue weighted by atomic mass is 10.1. The van der Waals surface area contributed by atoms with E-state index in [0.717, 1.165) is 25.7 Å². The van der Waals surface area contributed by atoms with Crippen LogP contribution in [0.3, 0.4) is 0 Å². The van der Waals surface area contributed by atoms with Crippen LogP contribution in [0.5, 0.6) is 0 Å². The van der Waals surface area contributed by atoms with E-state index in [1.54, 1.807) is 0 Å². The van der Waals surface area contributed by atoms with Gasteiger partial charge in [0.05, 0.1) is 32.6 Å². The maximum Gasteiger partial charge on any atom is 0.222 e. The van der Waals surface area contributed by atoms with Crippen molar-refractivity contribution >= 4 is 36.6 Å². The lowest BCUT2D eigenvalue weighted by Gasteiger charge is -2.21. The summed E-state index contributed by atoms with van der Waals surface area (Å²) >= 11 is 0. The Morgan fingerprint density at radius 1 is 0.833 bits per heavy atom. The molecule has 3 radical (unpaired) electrons. The molecular formula is C27H55BN2O4PSi. The Morgan fingerprint density at radius 2 is 1.33 bits per heavy atom. The molecule has 0 heterocycles. The maximum atomic E-state index is 12.4. The third-order valence-electron chi connectivity index (χ3n) is 6.43. The first kappa shape index (κ1) is 35.6. The van der Waals surface area contributed by atoms with Gasteiger partial charge in [0.25, 0.3) is 0 Å². The normalized spacial score (nSPS) is 13.0. The molecule has 209 valence electrons. The molecule has 0 saturated heterocycles. The van der Waals surface area contributed by atoms with Gasteiger partial charge in [-0.2, -0.15) is 0 Å². The Bertz CT molecular complexity index is 532. The molecule has 9 heteroatoms. The average molecular weight is 542 g/mol. The van der Waals surface area contributed by atoms with Crippen molar-refractivity contribution in [1.29, 1.82) is 0 Å². The summed E-state index contributed by atoms with van der Waals surface area (Å²) in [6.07, 6.45) is 19.9. The first-order valence-electron chi connectivity index (χ1n) is 14.6. The van der Waals surface area contributed by atoms with Crippen LogP contribution in [0.15, 0.2) is 0 Å². The van der Waals surface area contributed by atoms with E-state index in [9.17, 15) is 14.7 Å². The summed E-state index contributed by atoms with van der Waals surface area (Å²) < 4.78 is 5.54. The predicted molar refractivity (Wildman–Crippen MR) is 157 cm³/mol. The lowest BCUT2D eigenvalue weighted by Crippen LogP contribution is -2.47. The van der Waals surface area contributed by atoms with Crippen LogP contribution < -0.4 is 10.6 Å². The number of carbonyl (C=O) groups excluding carboxylic acids is 2. The number of aliphatic hydroxyl groups is 1. The van der Waals surface area contributed by atoms with Crippen LogP contribution in [0, 0.1) is 0 Å². The molecular weight excluding hydrogens is 486 g/mol. The first-order valence-corrected chi connectivity index (χ1v) is 17.9. The summed E-state index contributed by atoms with van der Waals surface area (Å²) in [5.74, 6) is -0.222.